The van der Waals surface area contributed by atoms with Crippen LogP contribution in [0.2, 0.25) is 0 Å². The van der Waals surface area contributed by atoms with E-state index in [1.54, 1.807) is 11.8 Å². The second kappa shape index (κ2) is 2.24. The highest BCUT2D eigenvalue weighted by Gasteiger charge is 2.39. The summed E-state index contributed by atoms with van der Waals surface area (Å²) < 4.78 is 0. The highest BCUT2D eigenvalue weighted by Crippen LogP contribution is 2.34. The van der Waals surface area contributed by atoms with Crippen molar-refractivity contribution in [1.82, 2.24) is 4.90 Å². The number of rotatable bonds is 0. The van der Waals surface area contributed by atoms with E-state index in [1.165, 1.54) is 0 Å². The normalized spacial score (nSPS) is 40.7. The fraction of sp³-hybridized carbons (Fsp3) is 0.714. The van der Waals surface area contributed by atoms with Crippen LogP contribution < -0.4 is 0 Å². The van der Waals surface area contributed by atoms with Crippen LogP contribution >= 0.6 is 11.8 Å². The Balaban J connectivity index is 2.19. The van der Waals surface area contributed by atoms with Crippen LogP contribution in [0, 0.1) is 7.05 Å². The van der Waals surface area contributed by atoms with E-state index in [2.05, 4.69) is 7.05 Å². The van der Waals surface area contributed by atoms with Crippen LogP contribution in [0.25, 0.3) is 0 Å². The smallest absolute Gasteiger partial charge is 0.158 e. The number of likely N-dealkylation sites (tertiary alicyclic amines) is 1. The molecule has 0 radical (unpaired) electrons. The summed E-state index contributed by atoms with van der Waals surface area (Å²) in [5.41, 5.74) is 0. The molecule has 0 aromatic rings. The zero-order valence-electron chi connectivity index (χ0n) is 5.75. The Labute approximate surface area is 65.0 Å². The monoisotopic (exact) mass is 156 g/mol. The Morgan fingerprint density at radius 1 is 1.70 bits per heavy atom. The Bertz CT molecular complexity index is 171. The van der Waals surface area contributed by atoms with Gasteiger partial charge in [-0.3, -0.25) is 11.8 Å². The third-order valence-electron chi connectivity index (χ3n) is 2.22. The Morgan fingerprint density at radius 2 is 2.50 bits per heavy atom. The van der Waals surface area contributed by atoms with Gasteiger partial charge >= 0.3 is 0 Å². The first-order valence-electron chi connectivity index (χ1n) is 3.50. The predicted octanol–water partition coefficient (Wildman–Crippen LogP) is 0.537. The van der Waals surface area contributed by atoms with Crippen molar-refractivity contribution < 1.29 is 4.79 Å². The molecule has 0 bridgehead atoms. The first-order valence-corrected chi connectivity index (χ1v) is 4.55. The summed E-state index contributed by atoms with van der Waals surface area (Å²) >= 11 is 1.79. The molecule has 0 aromatic heterocycles. The van der Waals surface area contributed by atoms with E-state index in [4.69, 9.17) is 0 Å². The first kappa shape index (κ1) is 6.68. The number of carbonyl (C=O) groups is 1. The van der Waals surface area contributed by atoms with E-state index in [1.807, 2.05) is 4.90 Å². The Hall–Kier alpha value is -0.0200. The minimum Gasteiger partial charge on any atom is -0.450 e. The average molecular weight is 156 g/mol. The maximum absolute atomic E-state index is 11.2. The fourth-order valence-corrected chi connectivity index (χ4v) is 3.01. The van der Waals surface area contributed by atoms with Gasteiger partial charge in [0.15, 0.2) is 5.78 Å². The molecule has 2 saturated heterocycles. The molecule has 0 spiro atoms. The van der Waals surface area contributed by atoms with Crippen LogP contribution in [0.5, 0.6) is 0 Å². The zero-order chi connectivity index (χ0) is 7.14. The van der Waals surface area contributed by atoms with Gasteiger partial charge in [0.1, 0.15) is 0 Å². The second-order valence-corrected chi connectivity index (χ2v) is 4.09. The maximum atomic E-state index is 11.2. The van der Waals surface area contributed by atoms with Crippen molar-refractivity contribution >= 4 is 17.5 Å². The van der Waals surface area contributed by atoms with Gasteiger partial charge in [0.05, 0.1) is 11.8 Å². The predicted molar refractivity (Wildman–Crippen MR) is 41.7 cm³/mol. The van der Waals surface area contributed by atoms with E-state index in [9.17, 15) is 4.79 Å². The average Bonchev–Trinajstić information content (AvgIpc) is 2.40. The van der Waals surface area contributed by atoms with Gasteiger partial charge in [0, 0.05) is 5.25 Å². The van der Waals surface area contributed by atoms with Crippen molar-refractivity contribution in [3.8, 4) is 0 Å². The molecular formula is C7H10NOS-. The topological polar surface area (TPSA) is 20.3 Å². The van der Waals surface area contributed by atoms with Crippen LogP contribution in [0.4, 0.5) is 0 Å². The highest BCUT2D eigenvalue weighted by molar-refractivity contribution is 8.01. The molecule has 2 atom stereocenters. The lowest BCUT2D eigenvalue weighted by atomic mass is 10.1. The van der Waals surface area contributed by atoms with E-state index in [0.717, 1.165) is 13.0 Å². The molecule has 0 N–H and O–H groups in total. The minimum atomic E-state index is 0.157. The molecule has 3 heteroatoms. The molecule has 2 rings (SSSR count). The number of hydrogen-bond acceptors (Lipinski definition) is 3. The van der Waals surface area contributed by atoms with Gasteiger partial charge in [0.25, 0.3) is 0 Å². The lowest BCUT2D eigenvalue weighted by Crippen LogP contribution is -2.32. The summed E-state index contributed by atoms with van der Waals surface area (Å²) in [5, 5.41) is 0.560. The number of carbonyl (C=O) groups excluding carboxylic acids is 1. The molecule has 0 amide bonds. The van der Waals surface area contributed by atoms with E-state index in [0.29, 0.717) is 16.8 Å². The molecule has 0 aliphatic carbocycles. The van der Waals surface area contributed by atoms with Crippen molar-refractivity contribution in [3.63, 3.8) is 0 Å². The number of fused-ring (bicyclic) bond motifs is 1. The quantitative estimate of drug-likeness (QED) is 0.477. The number of Topliss-reactive ketones (excluding diaryl/α,β-unsaturated/α-hetero) is 1. The van der Waals surface area contributed by atoms with Crippen LogP contribution in [-0.4, -0.2) is 34.3 Å². The molecule has 0 aromatic carbocycles. The molecule has 2 fully saturated rings. The van der Waals surface area contributed by atoms with Crippen molar-refractivity contribution in [3.05, 3.63) is 7.05 Å². The van der Waals surface area contributed by atoms with Crippen LogP contribution in [-0.2, 0) is 4.79 Å². The molecule has 2 heterocycles. The van der Waals surface area contributed by atoms with Crippen LogP contribution in [0.1, 0.15) is 6.42 Å². The van der Waals surface area contributed by atoms with Crippen molar-refractivity contribution in [2.75, 3.05) is 12.3 Å². The van der Waals surface area contributed by atoms with Crippen LogP contribution in [0.3, 0.4) is 0 Å². The van der Waals surface area contributed by atoms with E-state index < -0.39 is 0 Å². The summed E-state index contributed by atoms with van der Waals surface area (Å²) in [6, 6.07) is 0.157. The van der Waals surface area contributed by atoms with Gasteiger partial charge in [-0.1, -0.05) is 0 Å². The van der Waals surface area contributed by atoms with Gasteiger partial charge in [-0.15, -0.1) is 11.8 Å². The number of nitrogens with zero attached hydrogens (tertiary/aromatic N) is 1. The SMILES string of the molecule is [CH2-]N1CCC2SCC(=O)C21. The molecule has 56 valence electrons. The highest BCUT2D eigenvalue weighted by atomic mass is 32.2. The van der Waals surface area contributed by atoms with Gasteiger partial charge in [-0.2, -0.15) is 0 Å². The van der Waals surface area contributed by atoms with E-state index in [-0.39, 0.29) is 6.04 Å². The molecular weight excluding hydrogens is 146 g/mol. The molecule has 0 saturated carbocycles. The summed E-state index contributed by atoms with van der Waals surface area (Å²) in [6.45, 7) is 0.994. The Morgan fingerprint density at radius 3 is 3.20 bits per heavy atom. The molecule has 10 heavy (non-hydrogen) atoms. The molecule has 2 unspecified atom stereocenters. The summed E-state index contributed by atoms with van der Waals surface area (Å²) in [7, 11) is 3.83. The Kier molecular flexibility index (Phi) is 1.49. The van der Waals surface area contributed by atoms with Gasteiger partial charge in [0.2, 0.25) is 0 Å². The van der Waals surface area contributed by atoms with E-state index >= 15 is 0 Å². The van der Waals surface area contributed by atoms with Gasteiger partial charge < -0.3 is 4.90 Å². The fourth-order valence-electron chi connectivity index (χ4n) is 1.69. The maximum Gasteiger partial charge on any atom is 0.158 e. The lowest BCUT2D eigenvalue weighted by molar-refractivity contribution is -0.119. The zero-order valence-corrected chi connectivity index (χ0v) is 6.56. The number of ketones is 1. The first-order chi connectivity index (χ1) is 4.79. The largest absolute Gasteiger partial charge is 0.450 e. The number of hydrogen-bond donors (Lipinski definition) is 0. The van der Waals surface area contributed by atoms with Crippen molar-refractivity contribution in [1.29, 1.82) is 0 Å². The molecule has 2 nitrogen and oxygen atoms in total. The molecule has 2 aliphatic heterocycles. The van der Waals surface area contributed by atoms with Gasteiger partial charge in [-0.05, 0) is 13.0 Å². The van der Waals surface area contributed by atoms with Crippen LogP contribution in [0.15, 0.2) is 0 Å². The summed E-state index contributed by atoms with van der Waals surface area (Å²) in [6.07, 6.45) is 1.14. The third kappa shape index (κ3) is 0.805. The standard InChI is InChI=1S/C7H10NOS/c1-8-3-2-6-7(8)5(9)4-10-6/h6-7H,1-4H2/q-1. The second-order valence-electron chi connectivity index (χ2n) is 2.86. The minimum absolute atomic E-state index is 0.157. The number of thioether (sulfide) groups is 1. The van der Waals surface area contributed by atoms with Gasteiger partial charge in [-0.25, -0.2) is 0 Å². The molecule has 2 aliphatic rings. The van der Waals surface area contributed by atoms with Crippen molar-refractivity contribution in [2.24, 2.45) is 0 Å². The third-order valence-corrected chi connectivity index (χ3v) is 3.59. The van der Waals surface area contributed by atoms with Crippen molar-refractivity contribution in [2.45, 2.75) is 17.7 Å². The summed E-state index contributed by atoms with van der Waals surface area (Å²) in [5.74, 6) is 1.09. The lowest BCUT2D eigenvalue weighted by Gasteiger charge is -2.23. The summed E-state index contributed by atoms with van der Waals surface area (Å²) in [4.78, 5) is 13.1.